The van der Waals surface area contributed by atoms with Crippen molar-refractivity contribution in [1.29, 1.82) is 0 Å². The number of aromatic nitrogens is 3. The minimum Gasteiger partial charge on any atom is -0.475 e. The molecule has 0 spiro atoms. The highest BCUT2D eigenvalue weighted by molar-refractivity contribution is 5.73. The summed E-state index contributed by atoms with van der Waals surface area (Å²) in [5.41, 5.74) is 3.48. The average Bonchev–Trinajstić information content (AvgIpc) is 3.48. The molecule has 2 saturated heterocycles. The first-order valence-corrected chi connectivity index (χ1v) is 11.1. The summed E-state index contributed by atoms with van der Waals surface area (Å²) in [6.07, 6.45) is -5.84. The number of morpholine rings is 1. The summed E-state index contributed by atoms with van der Waals surface area (Å²) in [6.45, 7) is 9.62. The van der Waals surface area contributed by atoms with E-state index in [1.165, 1.54) is 11.1 Å². The lowest BCUT2D eigenvalue weighted by Crippen LogP contribution is -2.50. The Morgan fingerprint density at radius 2 is 1.63 bits per heavy atom. The van der Waals surface area contributed by atoms with Crippen LogP contribution in [0.3, 0.4) is 0 Å². The molecule has 0 saturated carbocycles. The lowest BCUT2D eigenvalue weighted by atomic mass is 10.1. The number of carbonyl (C=O) groups is 2. The fraction of sp³-hybridized carbons (Fsp3) is 0.619. The van der Waals surface area contributed by atoms with Crippen molar-refractivity contribution >= 4 is 11.9 Å². The third-order valence-electron chi connectivity index (χ3n) is 5.68. The second kappa shape index (κ2) is 12.6. The molecule has 2 aromatic rings. The van der Waals surface area contributed by atoms with Crippen LogP contribution in [0.25, 0.3) is 0 Å². The van der Waals surface area contributed by atoms with Crippen molar-refractivity contribution in [3.63, 3.8) is 0 Å². The Hall–Kier alpha value is -3.18. The highest BCUT2D eigenvalue weighted by atomic mass is 19.4. The Balaban J connectivity index is 0.000000301. The highest BCUT2D eigenvalue weighted by Gasteiger charge is 2.41. The maximum absolute atomic E-state index is 10.6. The molecule has 214 valence electrons. The second-order valence-corrected chi connectivity index (χ2v) is 8.57. The van der Waals surface area contributed by atoms with Crippen LogP contribution in [0.1, 0.15) is 22.6 Å². The number of likely N-dealkylation sites (tertiary alicyclic amines) is 1. The van der Waals surface area contributed by atoms with Crippen LogP contribution in [0.4, 0.5) is 26.3 Å². The Morgan fingerprint density at radius 1 is 1.05 bits per heavy atom. The number of carboxylic acids is 2. The topological polar surface area (TPSA) is 134 Å². The minimum absolute atomic E-state index is 0.288. The Morgan fingerprint density at radius 3 is 2.08 bits per heavy atom. The molecule has 2 atom stereocenters. The number of aliphatic carboxylic acids is 2. The number of ether oxygens (including phenoxy) is 1. The van der Waals surface area contributed by atoms with Crippen LogP contribution in [-0.4, -0.2) is 97.6 Å². The number of aryl methyl sites for hydroxylation is 3. The molecule has 0 amide bonds. The van der Waals surface area contributed by atoms with E-state index in [2.05, 4.69) is 26.3 Å². The molecule has 2 fully saturated rings. The van der Waals surface area contributed by atoms with Crippen LogP contribution >= 0.6 is 0 Å². The lowest BCUT2D eigenvalue weighted by molar-refractivity contribution is -0.193. The molecule has 0 aliphatic carbocycles. The third kappa shape index (κ3) is 8.98. The molecule has 0 bridgehead atoms. The minimum atomic E-state index is -5.08. The molecule has 2 aromatic heterocycles. The largest absolute Gasteiger partial charge is 0.490 e. The molecule has 4 heterocycles. The standard InChI is InChI=1S/C17H25N5O2.2C2HF3O2/c1-12-15(13(2)24-19-12)9-22-4-5-23-17-11-21(10-16(17)22)8-14-6-18-20(3)7-14;2*3-2(4,5)1(6)7/h6-7,16-17H,4-5,8-11H2,1-3H3;2*(H,6,7)/t16-,17+;;/m1../s1. The molecule has 2 aliphatic rings. The summed E-state index contributed by atoms with van der Waals surface area (Å²) in [6, 6.07) is 0.434. The van der Waals surface area contributed by atoms with Gasteiger partial charge in [0.1, 0.15) is 5.76 Å². The van der Waals surface area contributed by atoms with Crippen molar-refractivity contribution in [2.75, 3.05) is 26.2 Å². The van der Waals surface area contributed by atoms with Crippen LogP contribution in [0.5, 0.6) is 0 Å². The van der Waals surface area contributed by atoms with Crippen molar-refractivity contribution in [1.82, 2.24) is 24.7 Å². The molecule has 4 rings (SSSR count). The first-order chi connectivity index (χ1) is 17.5. The van der Waals surface area contributed by atoms with Crippen LogP contribution in [0.15, 0.2) is 16.9 Å². The molecule has 0 unspecified atom stereocenters. The summed E-state index contributed by atoms with van der Waals surface area (Å²) in [5.74, 6) is -4.58. The van der Waals surface area contributed by atoms with Gasteiger partial charge in [0.2, 0.25) is 0 Å². The summed E-state index contributed by atoms with van der Waals surface area (Å²) in [4.78, 5) is 22.8. The molecule has 0 radical (unpaired) electrons. The molecule has 2 aliphatic heterocycles. The summed E-state index contributed by atoms with van der Waals surface area (Å²) in [5, 5.41) is 22.6. The SMILES string of the molecule is Cc1noc(C)c1CN1CCO[C@H]2CN(Cc3cnn(C)c3)C[C@H]21.O=C(O)C(F)(F)F.O=C(O)C(F)(F)F. The molecule has 2 N–H and O–H groups in total. The van der Waals surface area contributed by atoms with Crippen molar-refractivity contribution in [2.24, 2.45) is 7.05 Å². The summed E-state index contributed by atoms with van der Waals surface area (Å²) < 4.78 is 76.7. The average molecular weight is 559 g/mol. The van der Waals surface area contributed by atoms with Crippen LogP contribution < -0.4 is 0 Å². The molecular formula is C21H27F6N5O6. The fourth-order valence-corrected chi connectivity index (χ4v) is 3.90. The highest BCUT2D eigenvalue weighted by Crippen LogP contribution is 2.27. The van der Waals surface area contributed by atoms with E-state index in [0.29, 0.717) is 6.04 Å². The van der Waals surface area contributed by atoms with Gasteiger partial charge in [-0.3, -0.25) is 14.5 Å². The number of rotatable bonds is 4. The molecule has 17 heteroatoms. The third-order valence-corrected chi connectivity index (χ3v) is 5.68. The van der Waals surface area contributed by atoms with Gasteiger partial charge in [-0.2, -0.15) is 31.4 Å². The van der Waals surface area contributed by atoms with E-state index in [1.54, 1.807) is 0 Å². The first-order valence-electron chi connectivity index (χ1n) is 11.1. The summed E-state index contributed by atoms with van der Waals surface area (Å²) >= 11 is 0. The number of fused-ring (bicyclic) bond motifs is 1. The zero-order valence-electron chi connectivity index (χ0n) is 20.6. The van der Waals surface area contributed by atoms with Gasteiger partial charge in [0.25, 0.3) is 0 Å². The Kier molecular flexibility index (Phi) is 10.3. The van der Waals surface area contributed by atoms with Gasteiger partial charge in [0.15, 0.2) is 0 Å². The Bertz CT molecular complexity index is 1040. The van der Waals surface area contributed by atoms with E-state index in [0.717, 1.165) is 50.8 Å². The van der Waals surface area contributed by atoms with E-state index in [9.17, 15) is 26.3 Å². The normalized spacial score (nSPS) is 20.1. The number of hydrogen-bond donors (Lipinski definition) is 2. The van der Waals surface area contributed by atoms with Crippen molar-refractivity contribution in [2.45, 2.75) is 51.4 Å². The fourth-order valence-electron chi connectivity index (χ4n) is 3.90. The number of nitrogens with zero attached hydrogens (tertiary/aromatic N) is 5. The first kappa shape index (κ1) is 31.0. The van der Waals surface area contributed by atoms with E-state index >= 15 is 0 Å². The van der Waals surface area contributed by atoms with Gasteiger partial charge >= 0.3 is 24.3 Å². The number of hydrogen-bond acceptors (Lipinski definition) is 8. The van der Waals surface area contributed by atoms with E-state index in [1.807, 2.05) is 31.8 Å². The van der Waals surface area contributed by atoms with Gasteiger partial charge in [-0.1, -0.05) is 5.16 Å². The van der Waals surface area contributed by atoms with Crippen molar-refractivity contribution < 1.29 is 55.4 Å². The van der Waals surface area contributed by atoms with Gasteiger partial charge in [0.05, 0.1) is 30.6 Å². The predicted octanol–water partition coefficient (Wildman–Crippen LogP) is 2.38. The van der Waals surface area contributed by atoms with Gasteiger partial charge < -0.3 is 19.5 Å². The molecule has 38 heavy (non-hydrogen) atoms. The van der Waals surface area contributed by atoms with Crippen LogP contribution in [0.2, 0.25) is 0 Å². The van der Waals surface area contributed by atoms with Crippen molar-refractivity contribution in [3.05, 3.63) is 35.0 Å². The predicted molar refractivity (Wildman–Crippen MR) is 116 cm³/mol. The quantitative estimate of drug-likeness (QED) is 0.538. The van der Waals surface area contributed by atoms with E-state index in [-0.39, 0.29) is 6.10 Å². The van der Waals surface area contributed by atoms with Gasteiger partial charge in [-0.25, -0.2) is 9.59 Å². The van der Waals surface area contributed by atoms with Gasteiger partial charge in [0, 0.05) is 57.1 Å². The van der Waals surface area contributed by atoms with Crippen molar-refractivity contribution in [3.8, 4) is 0 Å². The number of halogens is 6. The molecule has 0 aromatic carbocycles. The number of alkyl halides is 6. The molecule has 11 nitrogen and oxygen atoms in total. The van der Waals surface area contributed by atoms with Gasteiger partial charge in [-0.15, -0.1) is 0 Å². The number of carboxylic acid groups (broad SMARTS) is 2. The second-order valence-electron chi connectivity index (χ2n) is 8.57. The van der Waals surface area contributed by atoms with E-state index in [4.69, 9.17) is 29.1 Å². The monoisotopic (exact) mass is 559 g/mol. The van der Waals surface area contributed by atoms with E-state index < -0.39 is 24.3 Å². The van der Waals surface area contributed by atoms with Gasteiger partial charge in [-0.05, 0) is 13.8 Å². The smallest absolute Gasteiger partial charge is 0.475 e. The maximum atomic E-state index is 10.6. The summed E-state index contributed by atoms with van der Waals surface area (Å²) in [7, 11) is 1.96. The molecular weight excluding hydrogens is 532 g/mol. The zero-order chi connectivity index (χ0) is 28.8. The zero-order valence-corrected chi connectivity index (χ0v) is 20.6. The Labute approximate surface area is 212 Å². The van der Waals surface area contributed by atoms with Crippen LogP contribution in [-0.2, 0) is 34.5 Å². The lowest BCUT2D eigenvalue weighted by Gasteiger charge is -2.36. The maximum Gasteiger partial charge on any atom is 0.490 e. The van der Waals surface area contributed by atoms with Crippen LogP contribution in [0, 0.1) is 13.8 Å².